The number of phenols is 1. The Kier molecular flexibility index (Phi) is 4.04. The highest BCUT2D eigenvalue weighted by molar-refractivity contribution is 5.48. The van der Waals surface area contributed by atoms with Gasteiger partial charge in [-0.25, -0.2) is 0 Å². The van der Waals surface area contributed by atoms with E-state index in [4.69, 9.17) is 0 Å². The van der Waals surface area contributed by atoms with Gasteiger partial charge in [-0.2, -0.15) is 0 Å². The molecule has 0 spiro atoms. The van der Waals surface area contributed by atoms with Crippen molar-refractivity contribution in [3.05, 3.63) is 24.3 Å². The van der Waals surface area contributed by atoms with Crippen LogP contribution in [0.15, 0.2) is 24.3 Å². The number of aliphatic hydroxyl groups excluding tert-OH is 1. The normalized spacial score (nSPS) is 26.1. The summed E-state index contributed by atoms with van der Waals surface area (Å²) >= 11 is 0. The van der Waals surface area contributed by atoms with Crippen LogP contribution in [0.4, 0.5) is 5.69 Å². The third-order valence-electron chi connectivity index (χ3n) is 4.44. The summed E-state index contributed by atoms with van der Waals surface area (Å²) in [5.41, 5.74) is 1.10. The van der Waals surface area contributed by atoms with Crippen LogP contribution >= 0.6 is 0 Å². The molecule has 1 saturated carbocycles. The summed E-state index contributed by atoms with van der Waals surface area (Å²) in [6, 6.07) is 7.23. The van der Waals surface area contributed by atoms with E-state index in [2.05, 4.69) is 18.7 Å². The highest BCUT2D eigenvalue weighted by atomic mass is 16.3. The number of hydrogen-bond acceptors (Lipinski definition) is 3. The van der Waals surface area contributed by atoms with E-state index < -0.39 is 0 Å². The molecule has 3 nitrogen and oxygen atoms in total. The van der Waals surface area contributed by atoms with E-state index >= 15 is 0 Å². The Bertz CT molecular complexity index is 413. The summed E-state index contributed by atoms with van der Waals surface area (Å²) in [5, 5.41) is 19.8. The van der Waals surface area contributed by atoms with Crippen molar-refractivity contribution in [2.75, 3.05) is 18.5 Å². The first-order valence-corrected chi connectivity index (χ1v) is 7.08. The van der Waals surface area contributed by atoms with Gasteiger partial charge in [0.2, 0.25) is 0 Å². The second-order valence-corrected chi connectivity index (χ2v) is 6.48. The lowest BCUT2D eigenvalue weighted by Crippen LogP contribution is -2.44. The molecule has 0 aliphatic heterocycles. The van der Waals surface area contributed by atoms with Crippen molar-refractivity contribution >= 4 is 5.69 Å². The quantitative estimate of drug-likeness (QED) is 0.881. The van der Waals surface area contributed by atoms with Crippen LogP contribution in [0, 0.1) is 11.3 Å². The Balaban J connectivity index is 2.02. The first-order valence-electron chi connectivity index (χ1n) is 7.08. The molecular weight excluding hydrogens is 238 g/mol. The molecule has 2 atom stereocenters. The smallest absolute Gasteiger partial charge is 0.115 e. The van der Waals surface area contributed by atoms with Crippen LogP contribution in [-0.2, 0) is 0 Å². The molecule has 1 aliphatic carbocycles. The molecule has 0 saturated heterocycles. The Morgan fingerprint density at radius 2 is 1.89 bits per heavy atom. The predicted molar refractivity (Wildman–Crippen MR) is 78.5 cm³/mol. The van der Waals surface area contributed by atoms with Crippen molar-refractivity contribution in [2.24, 2.45) is 11.3 Å². The average Bonchev–Trinajstić information content (AvgIpc) is 2.35. The minimum absolute atomic E-state index is 0.0265. The molecular formula is C16H25NO2. The van der Waals surface area contributed by atoms with Gasteiger partial charge >= 0.3 is 0 Å². The van der Waals surface area contributed by atoms with Crippen LogP contribution in [-0.4, -0.2) is 29.9 Å². The minimum Gasteiger partial charge on any atom is -0.508 e. The van der Waals surface area contributed by atoms with Gasteiger partial charge in [-0.05, 0) is 42.5 Å². The van der Waals surface area contributed by atoms with E-state index in [0.717, 1.165) is 25.1 Å². The van der Waals surface area contributed by atoms with E-state index in [0.29, 0.717) is 5.92 Å². The summed E-state index contributed by atoms with van der Waals surface area (Å²) < 4.78 is 0. The van der Waals surface area contributed by atoms with Gasteiger partial charge < -0.3 is 15.1 Å². The van der Waals surface area contributed by atoms with Crippen molar-refractivity contribution < 1.29 is 10.2 Å². The summed E-state index contributed by atoms with van der Waals surface area (Å²) in [7, 11) is 2.04. The van der Waals surface area contributed by atoms with Crippen LogP contribution in [0.3, 0.4) is 0 Å². The van der Waals surface area contributed by atoms with Crippen molar-refractivity contribution in [1.29, 1.82) is 0 Å². The molecule has 2 unspecified atom stereocenters. The van der Waals surface area contributed by atoms with Crippen molar-refractivity contribution in [3.8, 4) is 5.75 Å². The van der Waals surface area contributed by atoms with Crippen LogP contribution in [0.2, 0.25) is 0 Å². The Morgan fingerprint density at radius 3 is 2.53 bits per heavy atom. The topological polar surface area (TPSA) is 43.7 Å². The maximum atomic E-state index is 10.5. The van der Waals surface area contributed by atoms with E-state index in [9.17, 15) is 10.2 Å². The number of nitrogens with zero attached hydrogens (tertiary/aromatic N) is 1. The van der Waals surface area contributed by atoms with Crippen LogP contribution in [0.25, 0.3) is 0 Å². The summed E-state index contributed by atoms with van der Waals surface area (Å²) in [6.07, 6.45) is 3.15. The Labute approximate surface area is 115 Å². The first-order chi connectivity index (χ1) is 8.90. The highest BCUT2D eigenvalue weighted by Gasteiger charge is 2.37. The standard InChI is InChI=1S/C16H25NO2/c1-16(2)10-4-5-12(15(16)19)11-17(3)13-6-8-14(18)9-7-13/h6-9,12,15,18-19H,4-5,10-11H2,1-3H3. The lowest BCUT2D eigenvalue weighted by atomic mass is 9.69. The molecule has 1 aliphatic rings. The molecule has 1 aromatic rings. The summed E-state index contributed by atoms with van der Waals surface area (Å²) in [5.74, 6) is 0.610. The molecule has 0 heterocycles. The predicted octanol–water partition coefficient (Wildman–Crippen LogP) is 3.02. The number of aromatic hydroxyl groups is 1. The molecule has 0 radical (unpaired) electrons. The van der Waals surface area contributed by atoms with Crippen molar-refractivity contribution in [2.45, 2.75) is 39.2 Å². The fourth-order valence-corrected chi connectivity index (χ4v) is 3.12. The summed E-state index contributed by atoms with van der Waals surface area (Å²) in [4.78, 5) is 2.16. The zero-order valence-electron chi connectivity index (χ0n) is 12.1. The minimum atomic E-state index is -0.235. The zero-order chi connectivity index (χ0) is 14.0. The molecule has 19 heavy (non-hydrogen) atoms. The lowest BCUT2D eigenvalue weighted by Gasteiger charge is -2.42. The number of rotatable bonds is 3. The Hall–Kier alpha value is -1.22. The Morgan fingerprint density at radius 1 is 1.26 bits per heavy atom. The van der Waals surface area contributed by atoms with Gasteiger partial charge in [-0.3, -0.25) is 0 Å². The zero-order valence-corrected chi connectivity index (χ0v) is 12.1. The van der Waals surface area contributed by atoms with Crippen molar-refractivity contribution in [3.63, 3.8) is 0 Å². The monoisotopic (exact) mass is 263 g/mol. The van der Waals surface area contributed by atoms with E-state index in [-0.39, 0.29) is 17.3 Å². The number of benzene rings is 1. The fraction of sp³-hybridized carbons (Fsp3) is 0.625. The van der Waals surface area contributed by atoms with Gasteiger partial charge in [0, 0.05) is 25.2 Å². The van der Waals surface area contributed by atoms with Gasteiger partial charge in [0.15, 0.2) is 0 Å². The SMILES string of the molecule is CN(CC1CCCC(C)(C)C1O)c1ccc(O)cc1. The van der Waals surface area contributed by atoms with E-state index in [1.54, 1.807) is 12.1 Å². The second-order valence-electron chi connectivity index (χ2n) is 6.48. The van der Waals surface area contributed by atoms with Crippen molar-refractivity contribution in [1.82, 2.24) is 0 Å². The maximum absolute atomic E-state index is 10.5. The van der Waals surface area contributed by atoms with Crippen LogP contribution < -0.4 is 4.90 Å². The third kappa shape index (κ3) is 3.21. The third-order valence-corrected chi connectivity index (χ3v) is 4.44. The van der Waals surface area contributed by atoms with E-state index in [1.165, 1.54) is 6.42 Å². The fourth-order valence-electron chi connectivity index (χ4n) is 3.12. The maximum Gasteiger partial charge on any atom is 0.115 e. The molecule has 1 aromatic carbocycles. The van der Waals surface area contributed by atoms with Gasteiger partial charge in [-0.1, -0.05) is 20.3 Å². The van der Waals surface area contributed by atoms with Gasteiger partial charge in [0.25, 0.3) is 0 Å². The number of aliphatic hydroxyl groups is 1. The van der Waals surface area contributed by atoms with Gasteiger partial charge in [0.1, 0.15) is 5.75 Å². The molecule has 106 valence electrons. The number of phenolic OH excluding ortho intramolecular Hbond substituents is 1. The molecule has 0 bridgehead atoms. The molecule has 3 heteroatoms. The summed E-state index contributed by atoms with van der Waals surface area (Å²) in [6.45, 7) is 5.17. The molecule has 1 fully saturated rings. The van der Waals surface area contributed by atoms with Crippen LogP contribution in [0.5, 0.6) is 5.75 Å². The second kappa shape index (κ2) is 5.41. The molecule has 0 amide bonds. The average molecular weight is 263 g/mol. The van der Waals surface area contributed by atoms with Crippen LogP contribution in [0.1, 0.15) is 33.1 Å². The first kappa shape index (κ1) is 14.2. The molecule has 2 N–H and O–H groups in total. The lowest BCUT2D eigenvalue weighted by molar-refractivity contribution is -0.0290. The number of hydrogen-bond donors (Lipinski definition) is 2. The molecule has 2 rings (SSSR count). The molecule has 0 aromatic heterocycles. The van der Waals surface area contributed by atoms with Gasteiger partial charge in [0.05, 0.1) is 6.10 Å². The largest absolute Gasteiger partial charge is 0.508 e. The number of anilines is 1. The van der Waals surface area contributed by atoms with Gasteiger partial charge in [-0.15, -0.1) is 0 Å². The highest BCUT2D eigenvalue weighted by Crippen LogP contribution is 2.39. The van der Waals surface area contributed by atoms with E-state index in [1.807, 2.05) is 19.2 Å².